The average Bonchev–Trinajstić information content (AvgIpc) is 2.42. The molecule has 0 aliphatic rings. The number of pyridine rings is 1. The Labute approximate surface area is 106 Å². The summed E-state index contributed by atoms with van der Waals surface area (Å²) in [6.07, 6.45) is 3.24. The molecule has 0 saturated heterocycles. The molecular formula is C12H16N6. The zero-order valence-corrected chi connectivity index (χ0v) is 10.4. The van der Waals surface area contributed by atoms with Crippen LogP contribution in [0.5, 0.6) is 0 Å². The lowest BCUT2D eigenvalue weighted by Crippen LogP contribution is -2.14. The van der Waals surface area contributed by atoms with Gasteiger partial charge in [-0.05, 0) is 26.0 Å². The summed E-state index contributed by atoms with van der Waals surface area (Å²) in [6, 6.07) is 5.88. The highest BCUT2D eigenvalue weighted by Crippen LogP contribution is 2.21. The van der Waals surface area contributed by atoms with E-state index in [-0.39, 0.29) is 6.04 Å². The summed E-state index contributed by atoms with van der Waals surface area (Å²) in [5.41, 5.74) is 4.38. The Bertz CT molecular complexity index is 513. The van der Waals surface area contributed by atoms with Gasteiger partial charge in [-0.3, -0.25) is 4.98 Å². The van der Waals surface area contributed by atoms with Crippen molar-refractivity contribution in [1.29, 1.82) is 0 Å². The fourth-order valence-corrected chi connectivity index (χ4v) is 1.65. The molecule has 0 fully saturated rings. The van der Waals surface area contributed by atoms with E-state index in [9.17, 15) is 0 Å². The fourth-order valence-electron chi connectivity index (χ4n) is 1.65. The van der Waals surface area contributed by atoms with Crippen LogP contribution in [0.25, 0.3) is 0 Å². The second-order valence-electron chi connectivity index (χ2n) is 3.96. The van der Waals surface area contributed by atoms with Crippen molar-refractivity contribution in [2.45, 2.75) is 19.9 Å². The van der Waals surface area contributed by atoms with Crippen molar-refractivity contribution in [3.63, 3.8) is 0 Å². The summed E-state index contributed by atoms with van der Waals surface area (Å²) >= 11 is 0. The molecular weight excluding hydrogens is 228 g/mol. The van der Waals surface area contributed by atoms with Crippen molar-refractivity contribution in [1.82, 2.24) is 15.0 Å². The van der Waals surface area contributed by atoms with Crippen LogP contribution in [-0.2, 0) is 0 Å². The van der Waals surface area contributed by atoms with Crippen LogP contribution in [0.15, 0.2) is 30.7 Å². The van der Waals surface area contributed by atoms with Crippen LogP contribution in [0, 0.1) is 6.92 Å². The summed E-state index contributed by atoms with van der Waals surface area (Å²) in [7, 11) is 0. The molecule has 94 valence electrons. The van der Waals surface area contributed by atoms with Crippen molar-refractivity contribution in [3.8, 4) is 0 Å². The molecule has 2 aromatic heterocycles. The van der Waals surface area contributed by atoms with E-state index in [1.54, 1.807) is 6.20 Å². The van der Waals surface area contributed by atoms with Gasteiger partial charge in [0.05, 0.1) is 11.7 Å². The molecule has 4 N–H and O–H groups in total. The van der Waals surface area contributed by atoms with E-state index in [4.69, 9.17) is 5.84 Å². The molecule has 2 heterocycles. The lowest BCUT2D eigenvalue weighted by Gasteiger charge is -2.16. The minimum absolute atomic E-state index is 0.0606. The van der Waals surface area contributed by atoms with Gasteiger partial charge in [0.1, 0.15) is 18.0 Å². The summed E-state index contributed by atoms with van der Waals surface area (Å²) in [5.74, 6) is 6.74. The maximum atomic E-state index is 5.38. The molecule has 2 rings (SSSR count). The Hall–Kier alpha value is -2.21. The quantitative estimate of drug-likeness (QED) is 0.559. The van der Waals surface area contributed by atoms with Crippen LogP contribution in [0.1, 0.15) is 24.2 Å². The van der Waals surface area contributed by atoms with Gasteiger partial charge in [-0.15, -0.1) is 0 Å². The molecule has 0 saturated carbocycles. The maximum absolute atomic E-state index is 5.38. The lowest BCUT2D eigenvalue weighted by atomic mass is 10.2. The van der Waals surface area contributed by atoms with Crippen LogP contribution in [0.3, 0.4) is 0 Å². The van der Waals surface area contributed by atoms with E-state index in [0.717, 1.165) is 17.1 Å². The van der Waals surface area contributed by atoms with E-state index >= 15 is 0 Å². The highest BCUT2D eigenvalue weighted by Gasteiger charge is 2.10. The lowest BCUT2D eigenvalue weighted by molar-refractivity contribution is 0.827. The van der Waals surface area contributed by atoms with Gasteiger partial charge in [-0.25, -0.2) is 15.8 Å². The zero-order valence-electron chi connectivity index (χ0n) is 10.4. The summed E-state index contributed by atoms with van der Waals surface area (Å²) in [5, 5.41) is 3.29. The smallest absolute Gasteiger partial charge is 0.148 e. The molecule has 0 aliphatic carbocycles. The number of nitrogens with two attached hydrogens (primary N) is 1. The van der Waals surface area contributed by atoms with E-state index < -0.39 is 0 Å². The molecule has 0 aliphatic heterocycles. The number of hydrogen-bond acceptors (Lipinski definition) is 6. The predicted octanol–water partition coefficient (Wildman–Crippen LogP) is 1.64. The van der Waals surface area contributed by atoms with E-state index in [0.29, 0.717) is 5.82 Å². The van der Waals surface area contributed by atoms with E-state index in [1.165, 1.54) is 6.33 Å². The van der Waals surface area contributed by atoms with Gasteiger partial charge in [0.25, 0.3) is 0 Å². The molecule has 0 aromatic carbocycles. The number of nitrogens with one attached hydrogen (secondary N) is 2. The third-order valence-electron chi connectivity index (χ3n) is 2.71. The monoisotopic (exact) mass is 244 g/mol. The molecule has 1 unspecified atom stereocenters. The minimum atomic E-state index is 0.0606. The van der Waals surface area contributed by atoms with Gasteiger partial charge in [0.2, 0.25) is 0 Å². The number of hydrogen-bond donors (Lipinski definition) is 3. The van der Waals surface area contributed by atoms with Crippen LogP contribution in [0.2, 0.25) is 0 Å². The molecule has 0 bridgehead atoms. The van der Waals surface area contributed by atoms with Crippen molar-refractivity contribution in [2.24, 2.45) is 5.84 Å². The molecule has 2 aromatic rings. The summed E-state index contributed by atoms with van der Waals surface area (Å²) < 4.78 is 0. The van der Waals surface area contributed by atoms with Crippen LogP contribution in [0.4, 0.5) is 11.6 Å². The molecule has 0 spiro atoms. The van der Waals surface area contributed by atoms with E-state index in [2.05, 4.69) is 25.7 Å². The first-order valence-corrected chi connectivity index (χ1v) is 5.68. The maximum Gasteiger partial charge on any atom is 0.148 e. The Kier molecular flexibility index (Phi) is 3.69. The van der Waals surface area contributed by atoms with Crippen LogP contribution >= 0.6 is 0 Å². The van der Waals surface area contributed by atoms with E-state index in [1.807, 2.05) is 32.0 Å². The number of nitrogens with zero attached hydrogens (tertiary/aromatic N) is 3. The largest absolute Gasteiger partial charge is 0.362 e. The van der Waals surface area contributed by atoms with Gasteiger partial charge in [-0.1, -0.05) is 6.07 Å². The summed E-state index contributed by atoms with van der Waals surface area (Å²) in [6.45, 7) is 3.93. The number of nitrogen functional groups attached to an aromatic ring is 1. The third-order valence-corrected chi connectivity index (χ3v) is 2.71. The van der Waals surface area contributed by atoms with Crippen LogP contribution in [-0.4, -0.2) is 15.0 Å². The Morgan fingerprint density at radius 1 is 1.17 bits per heavy atom. The first-order valence-electron chi connectivity index (χ1n) is 5.68. The first kappa shape index (κ1) is 12.3. The Balaban J connectivity index is 2.19. The molecule has 6 heteroatoms. The molecule has 18 heavy (non-hydrogen) atoms. The van der Waals surface area contributed by atoms with Crippen LogP contribution < -0.4 is 16.6 Å². The molecule has 1 atom stereocenters. The summed E-state index contributed by atoms with van der Waals surface area (Å²) in [4.78, 5) is 12.5. The minimum Gasteiger partial charge on any atom is -0.362 e. The topological polar surface area (TPSA) is 88.8 Å². The fraction of sp³-hybridized carbons (Fsp3) is 0.250. The van der Waals surface area contributed by atoms with Gasteiger partial charge >= 0.3 is 0 Å². The molecule has 0 amide bonds. The predicted molar refractivity (Wildman–Crippen MR) is 70.9 cm³/mol. The highest BCUT2D eigenvalue weighted by atomic mass is 15.3. The molecule has 6 nitrogen and oxygen atoms in total. The SMILES string of the molecule is Cc1c(NN)ncnc1NC(C)c1ccccn1. The highest BCUT2D eigenvalue weighted by molar-refractivity contribution is 5.56. The standard InChI is InChI=1S/C12H16N6/c1-8-11(15-7-16-12(8)18-13)17-9(2)10-5-3-4-6-14-10/h3-7,9H,13H2,1-2H3,(H2,15,16,17,18). The van der Waals surface area contributed by atoms with Crippen molar-refractivity contribution < 1.29 is 0 Å². The van der Waals surface area contributed by atoms with Gasteiger partial charge < -0.3 is 10.7 Å². The average molecular weight is 244 g/mol. The van der Waals surface area contributed by atoms with Gasteiger partial charge in [0.15, 0.2) is 0 Å². The number of hydrazine groups is 1. The Morgan fingerprint density at radius 2 is 1.94 bits per heavy atom. The van der Waals surface area contributed by atoms with Gasteiger partial charge in [-0.2, -0.15) is 0 Å². The zero-order chi connectivity index (χ0) is 13.0. The second kappa shape index (κ2) is 5.42. The van der Waals surface area contributed by atoms with Crippen molar-refractivity contribution in [2.75, 3.05) is 10.7 Å². The number of rotatable bonds is 4. The van der Waals surface area contributed by atoms with Gasteiger partial charge in [0, 0.05) is 11.8 Å². The van der Waals surface area contributed by atoms with Crippen molar-refractivity contribution >= 4 is 11.6 Å². The van der Waals surface area contributed by atoms with Crippen molar-refractivity contribution in [3.05, 3.63) is 42.0 Å². The molecule has 0 radical (unpaired) electrons. The Morgan fingerprint density at radius 3 is 2.61 bits per heavy atom. The third kappa shape index (κ3) is 2.54. The number of aromatic nitrogens is 3. The first-order chi connectivity index (χ1) is 8.72. The normalized spacial score (nSPS) is 11.9. The number of anilines is 2. The second-order valence-corrected chi connectivity index (χ2v) is 3.96.